The van der Waals surface area contributed by atoms with Crippen molar-refractivity contribution in [3.05, 3.63) is 96.4 Å². The van der Waals surface area contributed by atoms with Crippen molar-refractivity contribution < 1.29 is 14.8 Å². The van der Waals surface area contributed by atoms with E-state index in [1.54, 1.807) is 55.5 Å². The number of nitro benzene ring substituents is 1. The zero-order chi connectivity index (χ0) is 23.0. The quantitative estimate of drug-likeness (QED) is 0.246. The Bertz CT molecular complexity index is 1280. The van der Waals surface area contributed by atoms with Crippen molar-refractivity contribution in [3.63, 3.8) is 0 Å². The van der Waals surface area contributed by atoms with Gasteiger partial charge in [0.15, 0.2) is 5.66 Å². The van der Waals surface area contributed by atoms with Crippen LogP contribution in [-0.4, -0.2) is 27.2 Å². The van der Waals surface area contributed by atoms with Gasteiger partial charge in [-0.3, -0.25) is 14.9 Å². The smallest absolute Gasteiger partial charge is 0.278 e. The minimum atomic E-state index is -1.23. The second kappa shape index (κ2) is 8.36. The van der Waals surface area contributed by atoms with Crippen LogP contribution in [0, 0.1) is 10.1 Å². The Balaban J connectivity index is 1.86. The van der Waals surface area contributed by atoms with Crippen molar-refractivity contribution in [3.8, 4) is 5.75 Å². The first kappa shape index (κ1) is 22.0. The fraction of sp³-hybridized carbons (Fsp3) is 0.0909. The highest BCUT2D eigenvalue weighted by atomic mass is 79.9. The summed E-state index contributed by atoms with van der Waals surface area (Å²) in [4.78, 5) is 24.3. The maximum Gasteiger partial charge on any atom is 0.278 e. The zero-order valence-corrected chi connectivity index (χ0v) is 19.8. The van der Waals surface area contributed by atoms with Crippen molar-refractivity contribution >= 4 is 55.4 Å². The summed E-state index contributed by atoms with van der Waals surface area (Å²) in [6, 6.07) is 16.4. The first-order valence-electron chi connectivity index (χ1n) is 9.39. The first-order chi connectivity index (χ1) is 15.2. The van der Waals surface area contributed by atoms with E-state index < -0.39 is 16.5 Å². The van der Waals surface area contributed by atoms with E-state index in [4.69, 9.17) is 0 Å². The minimum absolute atomic E-state index is 0.0354. The van der Waals surface area contributed by atoms with Crippen LogP contribution >= 0.6 is 31.9 Å². The maximum atomic E-state index is 13.4. The minimum Gasteiger partial charge on any atom is -0.506 e. The van der Waals surface area contributed by atoms with Crippen LogP contribution in [-0.2, 0) is 5.66 Å². The number of hydrogen-bond donors (Lipinski definition) is 2. The first-order valence-corrected chi connectivity index (χ1v) is 11.0. The third-order valence-corrected chi connectivity index (χ3v) is 6.20. The predicted molar refractivity (Wildman–Crippen MR) is 128 cm³/mol. The molecule has 8 nitrogen and oxygen atoms in total. The van der Waals surface area contributed by atoms with Gasteiger partial charge in [0.25, 0.3) is 11.6 Å². The Kier molecular flexibility index (Phi) is 5.74. The van der Waals surface area contributed by atoms with Crippen LogP contribution in [0.3, 0.4) is 0 Å². The number of carbonyl (C=O) groups excluding carboxylic acids is 1. The molecule has 1 heterocycles. The van der Waals surface area contributed by atoms with Gasteiger partial charge in [0.2, 0.25) is 0 Å². The zero-order valence-electron chi connectivity index (χ0n) is 16.6. The molecule has 32 heavy (non-hydrogen) atoms. The van der Waals surface area contributed by atoms with Gasteiger partial charge in [-0.25, -0.2) is 0 Å². The predicted octanol–water partition coefficient (Wildman–Crippen LogP) is 5.60. The summed E-state index contributed by atoms with van der Waals surface area (Å²) in [7, 11) is 0. The summed E-state index contributed by atoms with van der Waals surface area (Å²) in [6.07, 6.45) is 1.37. The number of fused-ring (bicyclic) bond motifs is 1. The van der Waals surface area contributed by atoms with E-state index in [0.717, 1.165) is 0 Å². The Hall–Kier alpha value is -3.24. The highest BCUT2D eigenvalue weighted by molar-refractivity contribution is 9.11. The van der Waals surface area contributed by atoms with E-state index in [1.807, 2.05) is 0 Å². The molecule has 1 amide bonds. The fourth-order valence-electron chi connectivity index (χ4n) is 3.50. The molecule has 1 atom stereocenters. The number of phenols is 1. The highest BCUT2D eigenvalue weighted by Gasteiger charge is 2.43. The number of rotatable bonds is 4. The molecule has 0 unspecified atom stereocenters. The number of hydrogen-bond acceptors (Lipinski definition) is 6. The van der Waals surface area contributed by atoms with Gasteiger partial charge >= 0.3 is 0 Å². The molecule has 0 aromatic heterocycles. The van der Waals surface area contributed by atoms with Crippen LogP contribution in [0.1, 0.15) is 28.4 Å². The number of carbonyl (C=O) groups is 1. The number of hydrazone groups is 1. The van der Waals surface area contributed by atoms with E-state index in [0.29, 0.717) is 31.3 Å². The van der Waals surface area contributed by atoms with Gasteiger partial charge in [-0.05, 0) is 47.1 Å². The second-order valence-electron chi connectivity index (χ2n) is 7.24. The van der Waals surface area contributed by atoms with Crippen molar-refractivity contribution in [1.82, 2.24) is 5.01 Å². The SMILES string of the molecule is C[C@]1(c2cccc([N+](=O)[O-])c2)Nc2ccccc2C(=O)N1N=Cc1cc(Br)cc(Br)c1O. The molecule has 1 aliphatic heterocycles. The van der Waals surface area contributed by atoms with Crippen LogP contribution in [0.2, 0.25) is 0 Å². The van der Waals surface area contributed by atoms with Gasteiger partial charge < -0.3 is 10.4 Å². The number of nitrogens with zero attached hydrogens (tertiary/aromatic N) is 3. The van der Waals surface area contributed by atoms with Gasteiger partial charge in [-0.2, -0.15) is 10.1 Å². The molecular formula is C22H16Br2N4O4. The van der Waals surface area contributed by atoms with E-state index in [2.05, 4.69) is 42.3 Å². The lowest BCUT2D eigenvalue weighted by Gasteiger charge is -2.43. The van der Waals surface area contributed by atoms with Crippen LogP contribution in [0.25, 0.3) is 0 Å². The van der Waals surface area contributed by atoms with E-state index in [1.165, 1.54) is 23.4 Å². The maximum absolute atomic E-state index is 13.4. The van der Waals surface area contributed by atoms with Crippen LogP contribution in [0.15, 0.2) is 74.7 Å². The number of phenolic OH excluding ortho intramolecular Hbond substituents is 1. The normalized spacial score (nSPS) is 17.8. The Labute approximate surface area is 200 Å². The molecule has 0 aliphatic carbocycles. The topological polar surface area (TPSA) is 108 Å². The third kappa shape index (κ3) is 3.87. The average molecular weight is 560 g/mol. The number of para-hydroxylation sites is 1. The lowest BCUT2D eigenvalue weighted by Crippen LogP contribution is -2.53. The molecule has 0 saturated carbocycles. The molecule has 1 aliphatic rings. The highest BCUT2D eigenvalue weighted by Crippen LogP contribution is 2.39. The lowest BCUT2D eigenvalue weighted by molar-refractivity contribution is -0.385. The van der Waals surface area contributed by atoms with Crippen molar-refractivity contribution in [1.29, 1.82) is 0 Å². The van der Waals surface area contributed by atoms with Gasteiger partial charge in [-0.1, -0.05) is 40.2 Å². The van der Waals surface area contributed by atoms with Gasteiger partial charge in [0, 0.05) is 33.4 Å². The Morgan fingerprint density at radius 3 is 2.66 bits per heavy atom. The molecule has 0 bridgehead atoms. The molecule has 0 fully saturated rings. The molecule has 0 saturated heterocycles. The summed E-state index contributed by atoms with van der Waals surface area (Å²) in [6.45, 7) is 1.72. The Morgan fingerprint density at radius 2 is 1.91 bits per heavy atom. The van der Waals surface area contributed by atoms with Crippen molar-refractivity contribution in [2.24, 2.45) is 5.10 Å². The monoisotopic (exact) mass is 558 g/mol. The largest absolute Gasteiger partial charge is 0.506 e. The molecular weight excluding hydrogens is 544 g/mol. The average Bonchev–Trinajstić information content (AvgIpc) is 2.76. The lowest BCUT2D eigenvalue weighted by atomic mass is 9.95. The summed E-state index contributed by atoms with van der Waals surface area (Å²) < 4.78 is 1.17. The summed E-state index contributed by atoms with van der Waals surface area (Å²) >= 11 is 6.65. The number of non-ortho nitro benzene ring substituents is 1. The number of aromatic hydroxyl groups is 1. The molecule has 0 radical (unpaired) electrons. The van der Waals surface area contributed by atoms with E-state index >= 15 is 0 Å². The number of anilines is 1. The number of benzene rings is 3. The molecule has 3 aromatic rings. The Morgan fingerprint density at radius 1 is 1.16 bits per heavy atom. The van der Waals surface area contributed by atoms with Crippen molar-refractivity contribution in [2.45, 2.75) is 12.6 Å². The third-order valence-electron chi connectivity index (χ3n) is 5.14. The molecule has 0 spiro atoms. The summed E-state index contributed by atoms with van der Waals surface area (Å²) in [5, 5.41) is 30.6. The van der Waals surface area contributed by atoms with E-state index in [-0.39, 0.29) is 11.4 Å². The molecule has 2 N–H and O–H groups in total. The second-order valence-corrected chi connectivity index (χ2v) is 9.01. The number of halogens is 2. The van der Waals surface area contributed by atoms with Crippen molar-refractivity contribution in [2.75, 3.05) is 5.32 Å². The fourth-order valence-corrected chi connectivity index (χ4v) is 4.76. The van der Waals surface area contributed by atoms with Gasteiger partial charge in [0.05, 0.1) is 21.2 Å². The molecule has 162 valence electrons. The molecule has 10 heteroatoms. The standard InChI is InChI=1S/C22H16Br2N4O4/c1-22(14-5-4-6-16(10-14)28(31)32)26-19-8-3-2-7-17(19)21(30)27(22)25-12-13-9-15(23)11-18(24)20(13)29/h2-12,26,29H,1H3/t22-/m0/s1. The van der Waals surface area contributed by atoms with Gasteiger partial charge in [0.1, 0.15) is 5.75 Å². The van der Waals surface area contributed by atoms with Crippen LogP contribution in [0.5, 0.6) is 5.75 Å². The van der Waals surface area contributed by atoms with Gasteiger partial charge in [-0.15, -0.1) is 0 Å². The number of amides is 1. The van der Waals surface area contributed by atoms with Crippen LogP contribution < -0.4 is 5.32 Å². The summed E-state index contributed by atoms with van der Waals surface area (Å²) in [5.41, 5.74) is 0.519. The molecule has 4 rings (SSSR count). The van der Waals surface area contributed by atoms with Crippen LogP contribution in [0.4, 0.5) is 11.4 Å². The summed E-state index contributed by atoms with van der Waals surface area (Å²) in [5.74, 6) is -0.426. The van der Waals surface area contributed by atoms with E-state index in [9.17, 15) is 20.0 Å². The number of nitrogens with one attached hydrogen (secondary N) is 1. The molecule has 3 aromatic carbocycles. The number of nitro groups is 1.